The highest BCUT2D eigenvalue weighted by Crippen LogP contribution is 2.20. The summed E-state index contributed by atoms with van der Waals surface area (Å²) in [6.07, 6.45) is -0.576. The minimum absolute atomic E-state index is 0.259. The lowest BCUT2D eigenvalue weighted by atomic mass is 10.0. The number of hydrogen-bond donors (Lipinski definition) is 1. The Balaban J connectivity index is 2.50. The molecule has 1 aromatic carbocycles. The van der Waals surface area contributed by atoms with Crippen molar-refractivity contribution in [3.05, 3.63) is 29.8 Å². The molecular weight excluding hydrogens is 204 g/mol. The number of rotatable bonds is 6. The standard InChI is InChI=1S/C13H20O3/c1-10(2)11-5-4-6-13(7-11)16-9-12(14)8-15-3/h4-7,10,12,14H,8-9H2,1-3H3. The molecule has 1 atom stereocenters. The van der Waals surface area contributed by atoms with Gasteiger partial charge in [0.05, 0.1) is 6.61 Å². The van der Waals surface area contributed by atoms with E-state index in [0.717, 1.165) is 5.75 Å². The number of hydrogen-bond acceptors (Lipinski definition) is 3. The van der Waals surface area contributed by atoms with Crippen LogP contribution in [0.25, 0.3) is 0 Å². The molecule has 1 rings (SSSR count). The third kappa shape index (κ3) is 4.21. The lowest BCUT2D eigenvalue weighted by Gasteiger charge is -2.13. The van der Waals surface area contributed by atoms with Crippen molar-refractivity contribution in [2.75, 3.05) is 20.3 Å². The molecule has 1 unspecified atom stereocenters. The van der Waals surface area contributed by atoms with Gasteiger partial charge in [0.1, 0.15) is 18.5 Å². The van der Waals surface area contributed by atoms with Crippen molar-refractivity contribution in [2.45, 2.75) is 25.9 Å². The van der Waals surface area contributed by atoms with E-state index in [2.05, 4.69) is 19.9 Å². The monoisotopic (exact) mass is 224 g/mol. The first-order valence-corrected chi connectivity index (χ1v) is 5.53. The predicted molar refractivity (Wildman–Crippen MR) is 63.9 cm³/mol. The zero-order valence-corrected chi connectivity index (χ0v) is 10.1. The summed E-state index contributed by atoms with van der Waals surface area (Å²) in [4.78, 5) is 0. The molecule has 0 amide bonds. The largest absolute Gasteiger partial charge is 0.491 e. The fourth-order valence-corrected chi connectivity index (χ4v) is 1.40. The molecule has 0 fully saturated rings. The van der Waals surface area contributed by atoms with Crippen molar-refractivity contribution in [3.8, 4) is 5.75 Å². The van der Waals surface area contributed by atoms with Gasteiger partial charge in [0.25, 0.3) is 0 Å². The summed E-state index contributed by atoms with van der Waals surface area (Å²) in [6, 6.07) is 7.94. The van der Waals surface area contributed by atoms with Crippen molar-refractivity contribution in [2.24, 2.45) is 0 Å². The van der Waals surface area contributed by atoms with E-state index in [4.69, 9.17) is 9.47 Å². The van der Waals surface area contributed by atoms with Crippen molar-refractivity contribution in [1.29, 1.82) is 0 Å². The Hall–Kier alpha value is -1.06. The Kier molecular flexibility index (Phi) is 5.29. The molecule has 0 aromatic heterocycles. The van der Waals surface area contributed by atoms with Crippen LogP contribution < -0.4 is 4.74 Å². The minimum Gasteiger partial charge on any atom is -0.491 e. The number of benzene rings is 1. The lowest BCUT2D eigenvalue weighted by molar-refractivity contribution is 0.0325. The van der Waals surface area contributed by atoms with Gasteiger partial charge >= 0.3 is 0 Å². The van der Waals surface area contributed by atoms with E-state index >= 15 is 0 Å². The molecule has 16 heavy (non-hydrogen) atoms. The SMILES string of the molecule is COCC(O)COc1cccc(C(C)C)c1. The van der Waals surface area contributed by atoms with E-state index in [1.165, 1.54) is 5.56 Å². The first-order valence-electron chi connectivity index (χ1n) is 5.53. The van der Waals surface area contributed by atoms with Gasteiger partial charge in [0.15, 0.2) is 0 Å². The van der Waals surface area contributed by atoms with Crippen molar-refractivity contribution in [3.63, 3.8) is 0 Å². The maximum Gasteiger partial charge on any atom is 0.119 e. The van der Waals surface area contributed by atoms with Gasteiger partial charge in [-0.1, -0.05) is 26.0 Å². The maximum atomic E-state index is 9.44. The van der Waals surface area contributed by atoms with E-state index in [1.807, 2.05) is 18.2 Å². The lowest BCUT2D eigenvalue weighted by Crippen LogP contribution is -2.22. The molecule has 0 saturated heterocycles. The zero-order valence-electron chi connectivity index (χ0n) is 10.1. The topological polar surface area (TPSA) is 38.7 Å². The second-order valence-corrected chi connectivity index (χ2v) is 4.15. The molecule has 0 aliphatic carbocycles. The van der Waals surface area contributed by atoms with Gasteiger partial charge in [-0.3, -0.25) is 0 Å². The summed E-state index contributed by atoms with van der Waals surface area (Å²) in [5.74, 6) is 1.27. The molecular formula is C13H20O3. The number of aliphatic hydroxyl groups is 1. The quantitative estimate of drug-likeness (QED) is 0.805. The van der Waals surface area contributed by atoms with Crippen LogP contribution in [0.5, 0.6) is 5.75 Å². The highest BCUT2D eigenvalue weighted by atomic mass is 16.5. The van der Waals surface area contributed by atoms with Gasteiger partial charge in [-0.2, -0.15) is 0 Å². The number of aliphatic hydroxyl groups excluding tert-OH is 1. The average Bonchev–Trinajstić information content (AvgIpc) is 2.27. The van der Waals surface area contributed by atoms with E-state index in [9.17, 15) is 5.11 Å². The van der Waals surface area contributed by atoms with Crippen LogP contribution in [0.1, 0.15) is 25.3 Å². The fraction of sp³-hybridized carbons (Fsp3) is 0.538. The van der Waals surface area contributed by atoms with E-state index in [1.54, 1.807) is 7.11 Å². The van der Waals surface area contributed by atoms with E-state index < -0.39 is 6.10 Å². The zero-order chi connectivity index (χ0) is 12.0. The smallest absolute Gasteiger partial charge is 0.119 e. The molecule has 0 aliphatic rings. The summed E-state index contributed by atoms with van der Waals surface area (Å²) in [7, 11) is 1.56. The van der Waals surface area contributed by atoms with Crippen molar-refractivity contribution in [1.82, 2.24) is 0 Å². The Morgan fingerprint density at radius 2 is 2.00 bits per heavy atom. The Labute approximate surface area is 97.0 Å². The molecule has 1 aromatic rings. The summed E-state index contributed by atoms with van der Waals surface area (Å²) in [5, 5.41) is 9.44. The third-order valence-corrected chi connectivity index (χ3v) is 2.33. The summed E-state index contributed by atoms with van der Waals surface area (Å²) in [6.45, 7) is 4.83. The van der Waals surface area contributed by atoms with Crippen molar-refractivity contribution < 1.29 is 14.6 Å². The Morgan fingerprint density at radius 1 is 1.25 bits per heavy atom. The molecule has 3 nitrogen and oxygen atoms in total. The summed E-state index contributed by atoms with van der Waals surface area (Å²) >= 11 is 0. The van der Waals surface area contributed by atoms with Crippen LogP contribution in [0, 0.1) is 0 Å². The fourth-order valence-electron chi connectivity index (χ4n) is 1.40. The van der Waals surface area contributed by atoms with E-state index in [0.29, 0.717) is 12.5 Å². The van der Waals surface area contributed by atoms with Gasteiger partial charge in [-0.15, -0.1) is 0 Å². The molecule has 0 heterocycles. The predicted octanol–water partition coefficient (Wildman–Crippen LogP) is 2.20. The van der Waals surface area contributed by atoms with Gasteiger partial charge in [-0.25, -0.2) is 0 Å². The minimum atomic E-state index is -0.576. The molecule has 1 N–H and O–H groups in total. The second-order valence-electron chi connectivity index (χ2n) is 4.15. The second kappa shape index (κ2) is 6.51. The van der Waals surface area contributed by atoms with E-state index in [-0.39, 0.29) is 6.61 Å². The Bertz CT molecular complexity index is 310. The summed E-state index contributed by atoms with van der Waals surface area (Å²) < 4.78 is 10.3. The van der Waals surface area contributed by atoms with Crippen LogP contribution in [0.4, 0.5) is 0 Å². The molecule has 0 spiro atoms. The molecule has 0 saturated carbocycles. The number of ether oxygens (including phenoxy) is 2. The molecule has 90 valence electrons. The first kappa shape index (κ1) is 13.0. The highest BCUT2D eigenvalue weighted by molar-refractivity contribution is 5.30. The van der Waals surface area contributed by atoms with Crippen LogP contribution in [0.3, 0.4) is 0 Å². The summed E-state index contributed by atoms with van der Waals surface area (Å²) in [5.41, 5.74) is 1.23. The van der Waals surface area contributed by atoms with Crippen LogP contribution in [-0.2, 0) is 4.74 Å². The highest BCUT2D eigenvalue weighted by Gasteiger charge is 2.05. The number of methoxy groups -OCH3 is 1. The third-order valence-electron chi connectivity index (χ3n) is 2.33. The first-order chi connectivity index (χ1) is 7.63. The molecule has 0 bridgehead atoms. The molecule has 3 heteroatoms. The van der Waals surface area contributed by atoms with Crippen molar-refractivity contribution >= 4 is 0 Å². The maximum absolute atomic E-state index is 9.44. The average molecular weight is 224 g/mol. The van der Waals surface area contributed by atoms with Gasteiger partial charge in [-0.05, 0) is 23.6 Å². The normalized spacial score (nSPS) is 12.8. The van der Waals surface area contributed by atoms with Gasteiger partial charge in [0.2, 0.25) is 0 Å². The van der Waals surface area contributed by atoms with Crippen LogP contribution in [0.2, 0.25) is 0 Å². The van der Waals surface area contributed by atoms with Gasteiger partial charge < -0.3 is 14.6 Å². The molecule has 0 aliphatic heterocycles. The molecule has 0 radical (unpaired) electrons. The van der Waals surface area contributed by atoms with Crippen LogP contribution in [0.15, 0.2) is 24.3 Å². The Morgan fingerprint density at radius 3 is 2.62 bits per heavy atom. The van der Waals surface area contributed by atoms with Gasteiger partial charge in [0, 0.05) is 7.11 Å². The van der Waals surface area contributed by atoms with Crippen LogP contribution >= 0.6 is 0 Å². The van der Waals surface area contributed by atoms with Crippen LogP contribution in [-0.4, -0.2) is 31.5 Å².